The van der Waals surface area contributed by atoms with Crippen LogP contribution in [0.1, 0.15) is 27.2 Å². The van der Waals surface area contributed by atoms with Crippen molar-refractivity contribution in [1.82, 2.24) is 0 Å². The summed E-state index contributed by atoms with van der Waals surface area (Å²) in [5, 5.41) is 0.582. The van der Waals surface area contributed by atoms with E-state index in [-0.39, 0.29) is 11.2 Å². The minimum atomic E-state index is -0.113. The Bertz CT molecular complexity index is 803. The van der Waals surface area contributed by atoms with Gasteiger partial charge in [0.2, 0.25) is 5.91 Å². The molecule has 27 heavy (non-hydrogen) atoms. The first-order valence-corrected chi connectivity index (χ1v) is 10.1. The predicted octanol–water partition coefficient (Wildman–Crippen LogP) is 5.03. The van der Waals surface area contributed by atoms with Crippen molar-refractivity contribution in [2.75, 3.05) is 18.1 Å². The standard InChI is InChI=1S/C21H24N2O3S/c1-4-19-20(24)23(16-9-13-18(14-10-16)26-6-3)21(27-19)22-15-7-11-17(12-8-15)25-5-2/h7-14,19H,4-6H2,1-3H3/t19-/m1/s1. The van der Waals surface area contributed by atoms with Gasteiger partial charge in [-0.25, -0.2) is 4.99 Å². The van der Waals surface area contributed by atoms with Gasteiger partial charge < -0.3 is 9.47 Å². The lowest BCUT2D eigenvalue weighted by Crippen LogP contribution is -2.31. The Morgan fingerprint density at radius 2 is 1.48 bits per heavy atom. The van der Waals surface area contributed by atoms with Crippen molar-refractivity contribution in [3.63, 3.8) is 0 Å². The molecule has 1 aliphatic heterocycles. The number of hydrogen-bond acceptors (Lipinski definition) is 5. The van der Waals surface area contributed by atoms with Crippen LogP contribution in [0.3, 0.4) is 0 Å². The summed E-state index contributed by atoms with van der Waals surface area (Å²) in [7, 11) is 0. The smallest absolute Gasteiger partial charge is 0.246 e. The number of hydrogen-bond donors (Lipinski definition) is 0. The lowest BCUT2D eigenvalue weighted by molar-refractivity contribution is -0.116. The van der Waals surface area contributed by atoms with Crippen molar-refractivity contribution in [3.8, 4) is 11.5 Å². The van der Waals surface area contributed by atoms with Gasteiger partial charge in [0.1, 0.15) is 11.5 Å². The molecule has 1 heterocycles. The fourth-order valence-electron chi connectivity index (χ4n) is 2.79. The van der Waals surface area contributed by atoms with Crippen LogP contribution in [0.2, 0.25) is 0 Å². The summed E-state index contributed by atoms with van der Waals surface area (Å²) in [6.07, 6.45) is 0.763. The SMILES string of the molecule is CCOc1ccc(N=C2S[C@H](CC)C(=O)N2c2ccc(OCC)cc2)cc1. The quantitative estimate of drug-likeness (QED) is 0.672. The third kappa shape index (κ3) is 4.45. The number of ether oxygens (including phenoxy) is 2. The Hall–Kier alpha value is -2.47. The van der Waals surface area contributed by atoms with E-state index in [0.717, 1.165) is 29.3 Å². The first-order chi connectivity index (χ1) is 13.2. The molecule has 1 amide bonds. The molecule has 142 valence electrons. The van der Waals surface area contributed by atoms with E-state index in [2.05, 4.69) is 0 Å². The highest BCUT2D eigenvalue weighted by molar-refractivity contribution is 8.16. The average molecular weight is 385 g/mol. The van der Waals surface area contributed by atoms with E-state index >= 15 is 0 Å². The number of thioether (sulfide) groups is 1. The molecule has 3 rings (SSSR count). The lowest BCUT2D eigenvalue weighted by Gasteiger charge is -2.17. The molecule has 0 N–H and O–H groups in total. The molecule has 0 bridgehead atoms. The Balaban J connectivity index is 1.90. The van der Waals surface area contributed by atoms with Crippen LogP contribution in [0.25, 0.3) is 0 Å². The second kappa shape index (κ2) is 8.95. The van der Waals surface area contributed by atoms with Gasteiger partial charge in [-0.2, -0.15) is 0 Å². The summed E-state index contributed by atoms with van der Waals surface area (Å²) in [4.78, 5) is 19.3. The molecule has 2 aromatic carbocycles. The summed E-state index contributed by atoms with van der Waals surface area (Å²) in [6, 6.07) is 15.1. The van der Waals surface area contributed by atoms with Crippen molar-refractivity contribution in [2.45, 2.75) is 32.4 Å². The van der Waals surface area contributed by atoms with Gasteiger partial charge in [0.15, 0.2) is 5.17 Å². The minimum absolute atomic E-state index is 0.0661. The van der Waals surface area contributed by atoms with Gasteiger partial charge in [0, 0.05) is 0 Å². The van der Waals surface area contributed by atoms with Crippen LogP contribution in [0, 0.1) is 0 Å². The number of aliphatic imine (C=N–C) groups is 1. The fraction of sp³-hybridized carbons (Fsp3) is 0.333. The normalized spacial score (nSPS) is 18.2. The maximum absolute atomic E-state index is 12.9. The number of carbonyl (C=O) groups is 1. The number of benzene rings is 2. The molecule has 1 saturated heterocycles. The van der Waals surface area contributed by atoms with E-state index in [0.29, 0.717) is 18.4 Å². The first-order valence-electron chi connectivity index (χ1n) is 9.21. The first kappa shape index (κ1) is 19.3. The number of amidine groups is 1. The minimum Gasteiger partial charge on any atom is -0.494 e. The van der Waals surface area contributed by atoms with E-state index in [1.54, 1.807) is 4.90 Å². The molecule has 5 nitrogen and oxygen atoms in total. The zero-order valence-corrected chi connectivity index (χ0v) is 16.7. The van der Waals surface area contributed by atoms with E-state index in [1.165, 1.54) is 11.8 Å². The summed E-state index contributed by atoms with van der Waals surface area (Å²) in [6.45, 7) is 7.16. The number of anilines is 1. The van der Waals surface area contributed by atoms with Crippen molar-refractivity contribution in [3.05, 3.63) is 48.5 Å². The van der Waals surface area contributed by atoms with E-state index in [4.69, 9.17) is 14.5 Å². The molecule has 2 aromatic rings. The molecular formula is C21H24N2O3S. The molecule has 1 fully saturated rings. The molecule has 0 aliphatic carbocycles. The maximum Gasteiger partial charge on any atom is 0.246 e. The number of nitrogens with zero attached hydrogens (tertiary/aromatic N) is 2. The third-order valence-corrected chi connectivity index (χ3v) is 5.39. The summed E-state index contributed by atoms with van der Waals surface area (Å²) in [5.74, 6) is 1.67. The zero-order chi connectivity index (χ0) is 19.2. The number of amides is 1. The second-order valence-electron chi connectivity index (χ2n) is 5.94. The average Bonchev–Trinajstić information content (AvgIpc) is 3.00. The van der Waals surface area contributed by atoms with Crippen molar-refractivity contribution in [2.24, 2.45) is 4.99 Å². The lowest BCUT2D eigenvalue weighted by atomic mass is 10.2. The Morgan fingerprint density at radius 3 is 2.00 bits per heavy atom. The summed E-state index contributed by atoms with van der Waals surface area (Å²) < 4.78 is 11.0. The summed E-state index contributed by atoms with van der Waals surface area (Å²) in [5.41, 5.74) is 1.60. The predicted molar refractivity (Wildman–Crippen MR) is 111 cm³/mol. The largest absolute Gasteiger partial charge is 0.494 e. The fourth-order valence-corrected chi connectivity index (χ4v) is 3.88. The zero-order valence-electron chi connectivity index (χ0n) is 15.8. The molecule has 1 aliphatic rings. The third-order valence-electron chi connectivity index (χ3n) is 4.08. The van der Waals surface area contributed by atoms with Gasteiger partial charge in [-0.15, -0.1) is 0 Å². The Kier molecular flexibility index (Phi) is 6.40. The maximum atomic E-state index is 12.9. The van der Waals surface area contributed by atoms with Crippen LogP contribution in [-0.4, -0.2) is 29.5 Å². The molecule has 6 heteroatoms. The topological polar surface area (TPSA) is 51.1 Å². The second-order valence-corrected chi connectivity index (χ2v) is 7.11. The Morgan fingerprint density at radius 1 is 0.926 bits per heavy atom. The van der Waals surface area contributed by atoms with Crippen LogP contribution >= 0.6 is 11.8 Å². The van der Waals surface area contributed by atoms with Gasteiger partial charge in [-0.3, -0.25) is 9.69 Å². The molecule has 0 radical (unpaired) electrons. The summed E-state index contributed by atoms with van der Waals surface area (Å²) >= 11 is 1.51. The van der Waals surface area contributed by atoms with E-state index in [9.17, 15) is 4.79 Å². The van der Waals surface area contributed by atoms with Gasteiger partial charge in [-0.05, 0) is 68.8 Å². The Labute approximate surface area is 164 Å². The van der Waals surface area contributed by atoms with Crippen molar-refractivity contribution in [1.29, 1.82) is 0 Å². The highest BCUT2D eigenvalue weighted by Gasteiger charge is 2.37. The molecule has 0 spiro atoms. The number of carbonyl (C=O) groups excluding carboxylic acids is 1. The van der Waals surface area contributed by atoms with Crippen LogP contribution < -0.4 is 14.4 Å². The monoisotopic (exact) mass is 384 g/mol. The van der Waals surface area contributed by atoms with E-state index in [1.807, 2.05) is 69.3 Å². The highest BCUT2D eigenvalue weighted by atomic mass is 32.2. The molecule has 1 atom stereocenters. The van der Waals surface area contributed by atoms with E-state index < -0.39 is 0 Å². The van der Waals surface area contributed by atoms with Gasteiger partial charge in [0.05, 0.1) is 29.8 Å². The molecule has 0 unspecified atom stereocenters. The molecular weight excluding hydrogens is 360 g/mol. The molecule has 0 aromatic heterocycles. The number of rotatable bonds is 7. The van der Waals surface area contributed by atoms with Gasteiger partial charge in [-0.1, -0.05) is 18.7 Å². The molecule has 0 saturated carbocycles. The van der Waals surface area contributed by atoms with Gasteiger partial charge >= 0.3 is 0 Å². The van der Waals surface area contributed by atoms with Crippen LogP contribution in [-0.2, 0) is 4.79 Å². The van der Waals surface area contributed by atoms with Crippen LogP contribution in [0.4, 0.5) is 11.4 Å². The van der Waals surface area contributed by atoms with Crippen molar-refractivity contribution >= 4 is 34.2 Å². The van der Waals surface area contributed by atoms with Crippen LogP contribution in [0.5, 0.6) is 11.5 Å². The van der Waals surface area contributed by atoms with Crippen LogP contribution in [0.15, 0.2) is 53.5 Å². The highest BCUT2D eigenvalue weighted by Crippen LogP contribution is 2.35. The van der Waals surface area contributed by atoms with Gasteiger partial charge in [0.25, 0.3) is 0 Å². The van der Waals surface area contributed by atoms with Crippen molar-refractivity contribution < 1.29 is 14.3 Å².